The number of anilines is 1. The molecule has 0 radical (unpaired) electrons. The van der Waals surface area contributed by atoms with Crippen molar-refractivity contribution in [1.82, 2.24) is 10.2 Å². The molecule has 1 N–H and O–H groups in total. The standard InChI is InChI=1S/C34H43N3O4S/c1-3-27-20-22-30(23-21-27)37(42(40,41)31-18-12-7-13-19-31)26-33(38)36(25-24-28-14-8-5-9-15-28)32(4-2)34(39)35-29-16-10-6-11-17-29/h5,7-9,12-15,18-23,29,32H,3-4,6,10-11,16-17,24-26H2,1-2H3,(H,35,39)/t32-/m0/s1. The molecule has 8 heteroatoms. The van der Waals surface area contributed by atoms with E-state index in [4.69, 9.17) is 0 Å². The molecule has 3 aromatic carbocycles. The largest absolute Gasteiger partial charge is 0.352 e. The van der Waals surface area contributed by atoms with Gasteiger partial charge < -0.3 is 10.2 Å². The highest BCUT2D eigenvalue weighted by Crippen LogP contribution is 2.25. The van der Waals surface area contributed by atoms with Crippen molar-refractivity contribution in [2.45, 2.75) is 82.2 Å². The van der Waals surface area contributed by atoms with Crippen LogP contribution in [0.2, 0.25) is 0 Å². The molecule has 1 saturated carbocycles. The number of nitrogens with one attached hydrogen (secondary N) is 1. The molecular formula is C34H43N3O4S. The molecule has 0 aliphatic heterocycles. The average Bonchev–Trinajstić information content (AvgIpc) is 3.03. The first-order valence-electron chi connectivity index (χ1n) is 15.1. The summed E-state index contributed by atoms with van der Waals surface area (Å²) in [5.41, 5.74) is 2.52. The second-order valence-electron chi connectivity index (χ2n) is 10.9. The number of benzene rings is 3. The highest BCUT2D eigenvalue weighted by Gasteiger charge is 2.34. The Morgan fingerprint density at radius 3 is 2.05 bits per heavy atom. The van der Waals surface area contributed by atoms with Crippen molar-refractivity contribution in [3.8, 4) is 0 Å². The Morgan fingerprint density at radius 1 is 0.833 bits per heavy atom. The lowest BCUT2D eigenvalue weighted by atomic mass is 9.95. The first-order valence-corrected chi connectivity index (χ1v) is 16.6. The lowest BCUT2D eigenvalue weighted by molar-refractivity contribution is -0.140. The van der Waals surface area contributed by atoms with Crippen LogP contribution in [-0.2, 0) is 32.5 Å². The minimum Gasteiger partial charge on any atom is -0.352 e. The molecule has 224 valence electrons. The van der Waals surface area contributed by atoms with Gasteiger partial charge in [-0.1, -0.05) is 93.8 Å². The Bertz CT molecular complexity index is 1390. The molecule has 1 atom stereocenters. The number of amides is 2. The van der Waals surface area contributed by atoms with Gasteiger partial charge in [-0.2, -0.15) is 0 Å². The number of nitrogens with zero attached hydrogens (tertiary/aromatic N) is 2. The Morgan fingerprint density at radius 2 is 1.45 bits per heavy atom. The van der Waals surface area contributed by atoms with E-state index in [-0.39, 0.29) is 16.8 Å². The summed E-state index contributed by atoms with van der Waals surface area (Å²) in [6, 6.07) is 24.6. The summed E-state index contributed by atoms with van der Waals surface area (Å²) in [6.45, 7) is 3.82. The highest BCUT2D eigenvalue weighted by molar-refractivity contribution is 7.92. The number of rotatable bonds is 13. The Labute approximate surface area is 251 Å². The molecule has 1 aliphatic rings. The van der Waals surface area contributed by atoms with Crippen molar-refractivity contribution in [2.24, 2.45) is 0 Å². The second-order valence-corrected chi connectivity index (χ2v) is 12.8. The lowest BCUT2D eigenvalue weighted by Gasteiger charge is -2.34. The van der Waals surface area contributed by atoms with E-state index in [1.165, 1.54) is 22.9 Å². The van der Waals surface area contributed by atoms with Crippen LogP contribution in [0.15, 0.2) is 89.8 Å². The monoisotopic (exact) mass is 589 g/mol. The molecule has 0 unspecified atom stereocenters. The van der Waals surface area contributed by atoms with E-state index in [9.17, 15) is 18.0 Å². The van der Waals surface area contributed by atoms with E-state index in [1.54, 1.807) is 35.2 Å². The summed E-state index contributed by atoms with van der Waals surface area (Å²) in [7, 11) is -4.06. The van der Waals surface area contributed by atoms with Gasteiger partial charge in [0.15, 0.2) is 0 Å². The molecule has 0 heterocycles. The summed E-state index contributed by atoms with van der Waals surface area (Å²) in [4.78, 5) is 29.5. The average molecular weight is 590 g/mol. The van der Waals surface area contributed by atoms with Gasteiger partial charge in [0.2, 0.25) is 11.8 Å². The first kappa shape index (κ1) is 31.3. The van der Waals surface area contributed by atoms with Crippen LogP contribution in [0.4, 0.5) is 5.69 Å². The van der Waals surface area contributed by atoms with Gasteiger partial charge in [-0.25, -0.2) is 8.42 Å². The maximum Gasteiger partial charge on any atom is 0.264 e. The van der Waals surface area contributed by atoms with Crippen LogP contribution in [0.1, 0.15) is 63.5 Å². The fraction of sp³-hybridized carbons (Fsp3) is 0.412. The Balaban J connectivity index is 1.65. The lowest BCUT2D eigenvalue weighted by Crippen LogP contribution is -2.54. The van der Waals surface area contributed by atoms with Crippen molar-refractivity contribution < 1.29 is 18.0 Å². The Hall–Kier alpha value is -3.65. The van der Waals surface area contributed by atoms with E-state index >= 15 is 0 Å². The van der Waals surface area contributed by atoms with Gasteiger partial charge in [0.25, 0.3) is 10.0 Å². The number of aryl methyl sites for hydroxylation is 1. The Kier molecular flexibility index (Phi) is 11.2. The SMILES string of the molecule is CCc1ccc(N(CC(=O)N(CCc2ccccc2)[C@@H](CC)C(=O)NC2CCCCC2)S(=O)(=O)c2ccccc2)cc1. The quantitative estimate of drug-likeness (QED) is 0.275. The third-order valence-electron chi connectivity index (χ3n) is 8.06. The molecule has 0 aromatic heterocycles. The van der Waals surface area contributed by atoms with Crippen LogP contribution in [0.3, 0.4) is 0 Å². The zero-order chi connectivity index (χ0) is 30.0. The van der Waals surface area contributed by atoms with Crippen molar-refractivity contribution >= 4 is 27.5 Å². The molecule has 0 bridgehead atoms. The van der Waals surface area contributed by atoms with Crippen molar-refractivity contribution in [3.63, 3.8) is 0 Å². The van der Waals surface area contributed by atoms with Crippen molar-refractivity contribution in [2.75, 3.05) is 17.4 Å². The summed E-state index contributed by atoms with van der Waals surface area (Å²) in [5.74, 6) is -0.578. The molecule has 1 fully saturated rings. The third kappa shape index (κ3) is 8.00. The molecule has 42 heavy (non-hydrogen) atoms. The molecule has 2 amide bonds. The van der Waals surface area contributed by atoms with Gasteiger partial charge >= 0.3 is 0 Å². The zero-order valence-electron chi connectivity index (χ0n) is 24.7. The van der Waals surface area contributed by atoms with Crippen LogP contribution in [-0.4, -0.2) is 50.3 Å². The number of hydrogen-bond acceptors (Lipinski definition) is 4. The van der Waals surface area contributed by atoms with E-state index < -0.39 is 28.5 Å². The minimum absolute atomic E-state index is 0.107. The molecule has 0 saturated heterocycles. The highest BCUT2D eigenvalue weighted by atomic mass is 32.2. The van der Waals surface area contributed by atoms with E-state index in [0.717, 1.165) is 43.2 Å². The smallest absolute Gasteiger partial charge is 0.264 e. The molecule has 4 rings (SSSR count). The summed E-state index contributed by atoms with van der Waals surface area (Å²) >= 11 is 0. The van der Waals surface area contributed by atoms with E-state index in [2.05, 4.69) is 5.32 Å². The molecular weight excluding hydrogens is 546 g/mol. The van der Waals surface area contributed by atoms with Crippen LogP contribution < -0.4 is 9.62 Å². The van der Waals surface area contributed by atoms with Gasteiger partial charge in [-0.05, 0) is 67.5 Å². The number of carbonyl (C=O) groups excluding carboxylic acids is 2. The summed E-state index contributed by atoms with van der Waals surface area (Å²) < 4.78 is 29.0. The molecule has 1 aliphatic carbocycles. The molecule has 0 spiro atoms. The van der Waals surface area contributed by atoms with E-state index in [0.29, 0.717) is 25.1 Å². The van der Waals surface area contributed by atoms with Gasteiger partial charge in [0.05, 0.1) is 10.6 Å². The fourth-order valence-corrected chi connectivity index (χ4v) is 7.02. The van der Waals surface area contributed by atoms with Crippen LogP contribution in [0.5, 0.6) is 0 Å². The van der Waals surface area contributed by atoms with Crippen LogP contribution in [0.25, 0.3) is 0 Å². The molecule has 3 aromatic rings. The predicted octanol–water partition coefficient (Wildman–Crippen LogP) is 5.74. The van der Waals surface area contributed by atoms with Crippen LogP contribution in [0, 0.1) is 0 Å². The second kappa shape index (κ2) is 15.0. The van der Waals surface area contributed by atoms with Gasteiger partial charge in [-0.3, -0.25) is 13.9 Å². The van der Waals surface area contributed by atoms with Gasteiger partial charge in [0.1, 0.15) is 12.6 Å². The molecule has 7 nitrogen and oxygen atoms in total. The maximum atomic E-state index is 14.2. The zero-order valence-corrected chi connectivity index (χ0v) is 25.6. The third-order valence-corrected chi connectivity index (χ3v) is 9.85. The first-order chi connectivity index (χ1) is 20.3. The van der Waals surface area contributed by atoms with Gasteiger partial charge in [0, 0.05) is 12.6 Å². The topological polar surface area (TPSA) is 86.8 Å². The number of hydrogen-bond donors (Lipinski definition) is 1. The maximum absolute atomic E-state index is 14.2. The number of sulfonamides is 1. The number of carbonyl (C=O) groups is 2. The summed E-state index contributed by atoms with van der Waals surface area (Å²) in [6.07, 6.45) is 7.02. The van der Waals surface area contributed by atoms with Gasteiger partial charge in [-0.15, -0.1) is 0 Å². The summed E-state index contributed by atoms with van der Waals surface area (Å²) in [5, 5.41) is 3.19. The normalized spacial score (nSPS) is 14.6. The predicted molar refractivity (Wildman–Crippen MR) is 168 cm³/mol. The minimum atomic E-state index is -4.06. The van der Waals surface area contributed by atoms with E-state index in [1.807, 2.05) is 56.3 Å². The fourth-order valence-electron chi connectivity index (χ4n) is 5.59. The van der Waals surface area contributed by atoms with Crippen LogP contribution >= 0.6 is 0 Å². The van der Waals surface area contributed by atoms with Crippen molar-refractivity contribution in [3.05, 3.63) is 96.1 Å². The van der Waals surface area contributed by atoms with Crippen molar-refractivity contribution in [1.29, 1.82) is 0 Å².